The van der Waals surface area contributed by atoms with Gasteiger partial charge in [-0.2, -0.15) is 0 Å². The van der Waals surface area contributed by atoms with Crippen molar-refractivity contribution in [3.8, 4) is 0 Å². The van der Waals surface area contributed by atoms with Gasteiger partial charge in [-0.05, 0) is 43.3 Å². The van der Waals surface area contributed by atoms with Gasteiger partial charge in [0.25, 0.3) is 5.69 Å². The molecule has 0 saturated heterocycles. The van der Waals surface area contributed by atoms with Gasteiger partial charge in [0, 0.05) is 34.1 Å². The van der Waals surface area contributed by atoms with E-state index in [1.165, 1.54) is 18.2 Å². The number of rotatable bonds is 5. The number of nitrogens with one attached hydrogen (secondary N) is 1. The van der Waals surface area contributed by atoms with E-state index in [2.05, 4.69) is 5.32 Å². The molecule has 0 aliphatic rings. The molecule has 0 atom stereocenters. The zero-order valence-electron chi connectivity index (χ0n) is 12.0. The Hall–Kier alpha value is -2.37. The van der Waals surface area contributed by atoms with Crippen LogP contribution in [0, 0.1) is 10.1 Å². The molecular formula is C16H12Cl2N2O3. The minimum atomic E-state index is -0.564. The fourth-order valence-corrected chi connectivity index (χ4v) is 2.20. The van der Waals surface area contributed by atoms with Crippen molar-refractivity contribution in [3.63, 3.8) is 0 Å². The summed E-state index contributed by atoms with van der Waals surface area (Å²) in [7, 11) is 0. The number of allylic oxidation sites excluding steroid dienone is 2. The Morgan fingerprint density at radius 3 is 2.43 bits per heavy atom. The average molecular weight is 351 g/mol. The summed E-state index contributed by atoms with van der Waals surface area (Å²) in [5.74, 6) is -0.199. The normalized spacial score (nSPS) is 11.2. The predicted molar refractivity (Wildman–Crippen MR) is 91.3 cm³/mol. The van der Waals surface area contributed by atoms with Gasteiger partial charge in [-0.25, -0.2) is 0 Å². The standard InChI is InChI=1S/C16H12Cl2N2O3/c1-10(8-16(21)11-2-4-12(17)5-3-11)19-13-6-7-14(18)15(9-13)20(22)23/h2-9,19H,1H3. The molecule has 0 unspecified atom stereocenters. The van der Waals surface area contributed by atoms with Gasteiger partial charge in [-0.3, -0.25) is 14.9 Å². The van der Waals surface area contributed by atoms with Crippen molar-refractivity contribution in [2.45, 2.75) is 6.92 Å². The summed E-state index contributed by atoms with van der Waals surface area (Å²) < 4.78 is 0. The maximum absolute atomic E-state index is 12.1. The summed E-state index contributed by atoms with van der Waals surface area (Å²) in [6.45, 7) is 1.69. The molecule has 118 valence electrons. The SMILES string of the molecule is CC(=CC(=O)c1ccc(Cl)cc1)Nc1ccc(Cl)c([N+](=O)[O-])c1. The van der Waals surface area contributed by atoms with Crippen LogP contribution in [0.25, 0.3) is 0 Å². The van der Waals surface area contributed by atoms with Crippen molar-refractivity contribution in [2.75, 3.05) is 5.32 Å². The highest BCUT2D eigenvalue weighted by molar-refractivity contribution is 6.32. The molecular weight excluding hydrogens is 339 g/mol. The first-order valence-electron chi connectivity index (χ1n) is 6.56. The Balaban J connectivity index is 2.16. The first-order chi connectivity index (χ1) is 10.9. The molecule has 0 amide bonds. The van der Waals surface area contributed by atoms with Crippen LogP contribution in [-0.2, 0) is 0 Å². The summed E-state index contributed by atoms with van der Waals surface area (Å²) in [5, 5.41) is 14.4. The number of nitrogens with zero attached hydrogens (tertiary/aromatic N) is 1. The fraction of sp³-hybridized carbons (Fsp3) is 0.0625. The Bertz CT molecular complexity index is 786. The van der Waals surface area contributed by atoms with Crippen molar-refractivity contribution in [1.82, 2.24) is 0 Å². The second-order valence-corrected chi connectivity index (χ2v) is 5.59. The maximum Gasteiger partial charge on any atom is 0.289 e. The molecule has 0 heterocycles. The van der Waals surface area contributed by atoms with Gasteiger partial charge in [-0.15, -0.1) is 0 Å². The van der Waals surface area contributed by atoms with E-state index in [4.69, 9.17) is 23.2 Å². The van der Waals surface area contributed by atoms with E-state index >= 15 is 0 Å². The van der Waals surface area contributed by atoms with E-state index in [0.29, 0.717) is 22.0 Å². The number of hydrogen-bond acceptors (Lipinski definition) is 4. The van der Waals surface area contributed by atoms with E-state index in [1.807, 2.05) is 0 Å². The first-order valence-corrected chi connectivity index (χ1v) is 7.31. The highest BCUT2D eigenvalue weighted by atomic mass is 35.5. The van der Waals surface area contributed by atoms with Crippen LogP contribution in [0.3, 0.4) is 0 Å². The van der Waals surface area contributed by atoms with Gasteiger partial charge in [-0.1, -0.05) is 23.2 Å². The number of hydrogen-bond donors (Lipinski definition) is 1. The Labute approximate surface area is 142 Å². The summed E-state index contributed by atoms with van der Waals surface area (Å²) in [6.07, 6.45) is 1.41. The third-order valence-corrected chi connectivity index (χ3v) is 3.53. The van der Waals surface area contributed by atoms with Gasteiger partial charge >= 0.3 is 0 Å². The second kappa shape index (κ2) is 7.26. The van der Waals surface area contributed by atoms with Crippen LogP contribution in [0.1, 0.15) is 17.3 Å². The van der Waals surface area contributed by atoms with Crippen molar-refractivity contribution in [2.24, 2.45) is 0 Å². The summed E-state index contributed by atoms with van der Waals surface area (Å²) in [6, 6.07) is 10.9. The van der Waals surface area contributed by atoms with Crippen LogP contribution in [0.5, 0.6) is 0 Å². The molecule has 0 aliphatic heterocycles. The van der Waals surface area contributed by atoms with E-state index in [0.717, 1.165) is 0 Å². The number of anilines is 1. The smallest absolute Gasteiger partial charge is 0.289 e. The minimum Gasteiger partial charge on any atom is -0.359 e. The summed E-state index contributed by atoms with van der Waals surface area (Å²) >= 11 is 11.5. The number of halogens is 2. The molecule has 0 saturated carbocycles. The highest BCUT2D eigenvalue weighted by Gasteiger charge is 2.13. The number of nitro benzene ring substituents is 1. The quantitative estimate of drug-likeness (QED) is 0.352. The van der Waals surface area contributed by atoms with Crippen molar-refractivity contribution < 1.29 is 9.72 Å². The lowest BCUT2D eigenvalue weighted by Gasteiger charge is -2.07. The van der Waals surface area contributed by atoms with Crippen molar-refractivity contribution >= 4 is 40.4 Å². The molecule has 0 fully saturated rings. The highest BCUT2D eigenvalue weighted by Crippen LogP contribution is 2.27. The van der Waals surface area contributed by atoms with Crippen LogP contribution in [0.4, 0.5) is 11.4 Å². The molecule has 23 heavy (non-hydrogen) atoms. The number of benzene rings is 2. The van der Waals surface area contributed by atoms with Gasteiger partial charge in [0.05, 0.1) is 4.92 Å². The molecule has 0 bridgehead atoms. The predicted octanol–water partition coefficient (Wildman–Crippen LogP) is 5.10. The monoisotopic (exact) mass is 350 g/mol. The van der Waals surface area contributed by atoms with Gasteiger partial charge < -0.3 is 5.32 Å². The van der Waals surface area contributed by atoms with E-state index < -0.39 is 4.92 Å². The zero-order chi connectivity index (χ0) is 17.0. The molecule has 1 N–H and O–H groups in total. The van der Waals surface area contributed by atoms with Crippen molar-refractivity contribution in [1.29, 1.82) is 0 Å². The summed E-state index contributed by atoms with van der Waals surface area (Å²) in [4.78, 5) is 22.4. The van der Waals surface area contributed by atoms with Crippen LogP contribution in [0.2, 0.25) is 10.0 Å². The first kappa shape index (κ1) is 17.0. The Morgan fingerprint density at radius 1 is 1.17 bits per heavy atom. The lowest BCUT2D eigenvalue weighted by Crippen LogP contribution is -2.02. The lowest BCUT2D eigenvalue weighted by molar-refractivity contribution is -0.384. The number of carbonyl (C=O) groups is 1. The average Bonchev–Trinajstić information content (AvgIpc) is 2.49. The molecule has 2 aromatic rings. The van der Waals surface area contributed by atoms with Crippen LogP contribution < -0.4 is 5.32 Å². The zero-order valence-corrected chi connectivity index (χ0v) is 13.6. The molecule has 0 aliphatic carbocycles. The van der Waals surface area contributed by atoms with E-state index in [9.17, 15) is 14.9 Å². The van der Waals surface area contributed by atoms with Crippen LogP contribution in [-0.4, -0.2) is 10.7 Å². The molecule has 0 radical (unpaired) electrons. The fourth-order valence-electron chi connectivity index (χ4n) is 1.89. The Morgan fingerprint density at radius 2 is 1.83 bits per heavy atom. The molecule has 2 rings (SSSR count). The van der Waals surface area contributed by atoms with Gasteiger partial charge in [0.2, 0.25) is 0 Å². The van der Waals surface area contributed by atoms with Gasteiger partial charge in [0.1, 0.15) is 5.02 Å². The molecule has 0 aromatic heterocycles. The summed E-state index contributed by atoms with van der Waals surface area (Å²) in [5.41, 5.74) is 1.31. The van der Waals surface area contributed by atoms with E-state index in [-0.39, 0.29) is 16.5 Å². The van der Waals surface area contributed by atoms with Crippen LogP contribution in [0.15, 0.2) is 54.2 Å². The largest absolute Gasteiger partial charge is 0.359 e. The maximum atomic E-state index is 12.1. The molecule has 7 heteroatoms. The third kappa shape index (κ3) is 4.55. The minimum absolute atomic E-state index is 0.0550. The third-order valence-electron chi connectivity index (χ3n) is 2.96. The number of nitro groups is 1. The lowest BCUT2D eigenvalue weighted by atomic mass is 10.1. The van der Waals surface area contributed by atoms with E-state index in [1.54, 1.807) is 37.3 Å². The topological polar surface area (TPSA) is 72.2 Å². The molecule has 2 aromatic carbocycles. The van der Waals surface area contributed by atoms with Gasteiger partial charge in [0.15, 0.2) is 5.78 Å². The Kier molecular flexibility index (Phi) is 5.36. The number of carbonyl (C=O) groups excluding carboxylic acids is 1. The van der Waals surface area contributed by atoms with Crippen molar-refractivity contribution in [3.05, 3.63) is 80.0 Å². The molecule has 5 nitrogen and oxygen atoms in total. The molecule has 0 spiro atoms. The second-order valence-electron chi connectivity index (χ2n) is 4.75. The number of ketones is 1. The van der Waals surface area contributed by atoms with Crippen LogP contribution >= 0.6 is 23.2 Å².